The molecule has 1 aromatic heterocycles. The Morgan fingerprint density at radius 1 is 1.53 bits per heavy atom. The van der Waals surface area contributed by atoms with Crippen molar-refractivity contribution in [2.45, 2.75) is 25.7 Å². The van der Waals surface area contributed by atoms with E-state index in [0.717, 1.165) is 38.0 Å². The fourth-order valence-corrected chi connectivity index (χ4v) is 2.49. The Hall–Kier alpha value is -1.62. The van der Waals surface area contributed by atoms with Crippen LogP contribution in [0.25, 0.3) is 0 Å². The van der Waals surface area contributed by atoms with E-state index in [2.05, 4.69) is 28.2 Å². The first-order chi connectivity index (χ1) is 9.13. The Kier molecular flexibility index (Phi) is 4.37. The number of rotatable bonds is 7. The van der Waals surface area contributed by atoms with Gasteiger partial charge in [-0.25, -0.2) is 0 Å². The first kappa shape index (κ1) is 13.8. The van der Waals surface area contributed by atoms with Crippen molar-refractivity contribution in [3.8, 4) is 0 Å². The van der Waals surface area contributed by atoms with Gasteiger partial charge in [0.25, 0.3) is 0 Å². The third-order valence-electron chi connectivity index (χ3n) is 3.72. The third-order valence-corrected chi connectivity index (χ3v) is 3.72. The first-order valence-electron chi connectivity index (χ1n) is 6.68. The highest BCUT2D eigenvalue weighted by atomic mass is 16.4. The summed E-state index contributed by atoms with van der Waals surface area (Å²) >= 11 is 0. The molecule has 1 heterocycles. The van der Waals surface area contributed by atoms with Gasteiger partial charge in [-0.2, -0.15) is 0 Å². The molecule has 1 aliphatic carbocycles. The molecule has 104 valence electrons. The Morgan fingerprint density at radius 3 is 2.89 bits per heavy atom. The molecule has 3 N–H and O–H groups in total. The number of oxime groups is 1. The summed E-state index contributed by atoms with van der Waals surface area (Å²) in [6.07, 6.45) is 5.80. The molecule has 1 aliphatic rings. The van der Waals surface area contributed by atoms with Crippen LogP contribution in [0.15, 0.2) is 29.6 Å². The quantitative estimate of drug-likeness (QED) is 0.338. The molecule has 0 bridgehead atoms. The molecule has 2 rings (SSSR count). The Balaban J connectivity index is 1.77. The number of hydrogen-bond donors (Lipinski definition) is 2. The number of nitrogens with two attached hydrogens (primary N) is 1. The molecule has 0 unspecified atom stereocenters. The van der Waals surface area contributed by atoms with Gasteiger partial charge in [-0.15, -0.1) is 0 Å². The molecule has 0 radical (unpaired) electrons. The van der Waals surface area contributed by atoms with Gasteiger partial charge in [0.05, 0.1) is 0 Å². The van der Waals surface area contributed by atoms with Crippen molar-refractivity contribution in [1.29, 1.82) is 0 Å². The summed E-state index contributed by atoms with van der Waals surface area (Å²) in [6.45, 7) is 1.98. The number of amidine groups is 1. The molecule has 0 saturated heterocycles. The molecule has 0 aromatic carbocycles. The van der Waals surface area contributed by atoms with Gasteiger partial charge in [0.15, 0.2) is 0 Å². The summed E-state index contributed by atoms with van der Waals surface area (Å²) in [4.78, 5) is 6.64. The molecule has 1 aromatic rings. The van der Waals surface area contributed by atoms with Crippen molar-refractivity contribution >= 4 is 5.84 Å². The smallest absolute Gasteiger partial charge is 0.139 e. The maximum Gasteiger partial charge on any atom is 0.139 e. The molecule has 19 heavy (non-hydrogen) atoms. The second-order valence-corrected chi connectivity index (χ2v) is 5.58. The van der Waals surface area contributed by atoms with Crippen LogP contribution in [0.5, 0.6) is 0 Å². The van der Waals surface area contributed by atoms with Crippen molar-refractivity contribution in [2.24, 2.45) is 16.3 Å². The van der Waals surface area contributed by atoms with Gasteiger partial charge in [0.1, 0.15) is 5.84 Å². The molecule has 0 aliphatic heterocycles. The average Bonchev–Trinajstić information content (AvgIpc) is 3.16. The monoisotopic (exact) mass is 262 g/mol. The minimum atomic E-state index is 0.231. The highest BCUT2D eigenvalue weighted by Gasteiger charge is 2.43. The van der Waals surface area contributed by atoms with E-state index in [1.165, 1.54) is 0 Å². The fraction of sp³-hybridized carbons (Fsp3) is 0.571. The molecule has 0 amide bonds. The molecular formula is C14H22N4O. The zero-order valence-electron chi connectivity index (χ0n) is 11.4. The van der Waals surface area contributed by atoms with E-state index in [9.17, 15) is 0 Å². The van der Waals surface area contributed by atoms with Crippen LogP contribution in [0.1, 0.15) is 25.0 Å². The SMILES string of the molecule is CN(CCc1ccccn1)CC1(CC(N)=NO)CC1. The molecule has 5 heteroatoms. The Bertz CT molecular complexity index is 428. The highest BCUT2D eigenvalue weighted by molar-refractivity contribution is 5.80. The molecule has 1 saturated carbocycles. The summed E-state index contributed by atoms with van der Waals surface area (Å²) in [5.74, 6) is 0.343. The third kappa shape index (κ3) is 4.21. The van der Waals surface area contributed by atoms with Gasteiger partial charge < -0.3 is 15.8 Å². The normalized spacial score (nSPS) is 17.7. The zero-order chi connectivity index (χ0) is 13.7. The molecular weight excluding hydrogens is 240 g/mol. The van der Waals surface area contributed by atoms with Crippen LogP contribution in [0.3, 0.4) is 0 Å². The average molecular weight is 262 g/mol. The largest absolute Gasteiger partial charge is 0.409 e. The van der Waals surface area contributed by atoms with Crippen molar-refractivity contribution in [2.75, 3.05) is 20.1 Å². The van der Waals surface area contributed by atoms with Crippen LogP contribution in [0.4, 0.5) is 0 Å². The van der Waals surface area contributed by atoms with E-state index in [0.29, 0.717) is 12.3 Å². The number of hydrogen-bond acceptors (Lipinski definition) is 4. The van der Waals surface area contributed by atoms with Crippen LogP contribution in [0, 0.1) is 5.41 Å². The zero-order valence-corrected chi connectivity index (χ0v) is 11.4. The van der Waals surface area contributed by atoms with Gasteiger partial charge in [-0.05, 0) is 37.4 Å². The van der Waals surface area contributed by atoms with Gasteiger partial charge in [-0.3, -0.25) is 4.98 Å². The van der Waals surface area contributed by atoms with Crippen LogP contribution in [-0.2, 0) is 6.42 Å². The van der Waals surface area contributed by atoms with E-state index in [1.54, 1.807) is 0 Å². The minimum absolute atomic E-state index is 0.231. The lowest BCUT2D eigenvalue weighted by Crippen LogP contribution is -2.31. The summed E-state index contributed by atoms with van der Waals surface area (Å²) in [5, 5.41) is 11.7. The maximum absolute atomic E-state index is 8.65. The van der Waals surface area contributed by atoms with E-state index in [4.69, 9.17) is 10.9 Å². The molecule has 5 nitrogen and oxygen atoms in total. The minimum Gasteiger partial charge on any atom is -0.409 e. The van der Waals surface area contributed by atoms with E-state index < -0.39 is 0 Å². The van der Waals surface area contributed by atoms with Gasteiger partial charge in [-0.1, -0.05) is 11.2 Å². The highest BCUT2D eigenvalue weighted by Crippen LogP contribution is 2.49. The van der Waals surface area contributed by atoms with Crippen molar-refractivity contribution in [3.63, 3.8) is 0 Å². The van der Waals surface area contributed by atoms with Gasteiger partial charge >= 0.3 is 0 Å². The van der Waals surface area contributed by atoms with Crippen molar-refractivity contribution in [3.05, 3.63) is 30.1 Å². The molecule has 1 fully saturated rings. The summed E-state index contributed by atoms with van der Waals surface area (Å²) in [5.41, 5.74) is 6.96. The van der Waals surface area contributed by atoms with Gasteiger partial charge in [0.2, 0.25) is 0 Å². The van der Waals surface area contributed by atoms with Gasteiger partial charge in [0, 0.05) is 37.8 Å². The Morgan fingerprint density at radius 2 is 2.32 bits per heavy atom. The predicted molar refractivity (Wildman–Crippen MR) is 75.1 cm³/mol. The van der Waals surface area contributed by atoms with Crippen LogP contribution >= 0.6 is 0 Å². The number of likely N-dealkylation sites (N-methyl/N-ethyl adjacent to an activating group) is 1. The lowest BCUT2D eigenvalue weighted by molar-refractivity contribution is 0.264. The topological polar surface area (TPSA) is 74.7 Å². The summed E-state index contributed by atoms with van der Waals surface area (Å²) < 4.78 is 0. The summed E-state index contributed by atoms with van der Waals surface area (Å²) in [7, 11) is 2.12. The summed E-state index contributed by atoms with van der Waals surface area (Å²) in [6, 6.07) is 6.00. The molecule has 0 atom stereocenters. The lowest BCUT2D eigenvalue weighted by Gasteiger charge is -2.23. The van der Waals surface area contributed by atoms with Crippen LogP contribution in [-0.4, -0.2) is 41.1 Å². The second-order valence-electron chi connectivity index (χ2n) is 5.58. The number of nitrogens with zero attached hydrogens (tertiary/aromatic N) is 3. The fourth-order valence-electron chi connectivity index (χ4n) is 2.49. The van der Waals surface area contributed by atoms with Crippen molar-refractivity contribution < 1.29 is 5.21 Å². The first-order valence-corrected chi connectivity index (χ1v) is 6.68. The number of pyridine rings is 1. The Labute approximate surface area is 114 Å². The standard InChI is InChI=1S/C14H22N4O/c1-18(9-5-12-4-2-3-8-16-12)11-14(6-7-14)10-13(15)17-19/h2-4,8,19H,5-7,9-11H2,1H3,(H2,15,17). The maximum atomic E-state index is 8.65. The molecule has 0 spiro atoms. The second kappa shape index (κ2) is 6.02. The van der Waals surface area contributed by atoms with Crippen LogP contribution < -0.4 is 5.73 Å². The van der Waals surface area contributed by atoms with E-state index in [-0.39, 0.29) is 5.41 Å². The van der Waals surface area contributed by atoms with E-state index in [1.807, 2.05) is 18.3 Å². The van der Waals surface area contributed by atoms with Crippen LogP contribution in [0.2, 0.25) is 0 Å². The predicted octanol–water partition coefficient (Wildman–Crippen LogP) is 1.47. The number of aromatic nitrogens is 1. The van der Waals surface area contributed by atoms with Crippen molar-refractivity contribution in [1.82, 2.24) is 9.88 Å². The van der Waals surface area contributed by atoms with E-state index >= 15 is 0 Å². The lowest BCUT2D eigenvalue weighted by atomic mass is 10.0.